The van der Waals surface area contributed by atoms with E-state index in [1.165, 1.54) is 5.56 Å². The Bertz CT molecular complexity index is 306. The summed E-state index contributed by atoms with van der Waals surface area (Å²) in [5.74, 6) is 1.08. The fraction of sp³-hybridized carbons (Fsp3) is 0.400. The topological polar surface area (TPSA) is 41.5 Å². The number of benzene rings is 1. The molecular formula is C10H13NO2. The van der Waals surface area contributed by atoms with Crippen LogP contribution in [0, 0.1) is 0 Å². The molecular weight excluding hydrogens is 166 g/mol. The van der Waals surface area contributed by atoms with Gasteiger partial charge in [-0.05, 0) is 24.6 Å². The van der Waals surface area contributed by atoms with E-state index in [9.17, 15) is 5.11 Å². The highest BCUT2D eigenvalue weighted by Crippen LogP contribution is 2.29. The normalized spacial score (nSPS) is 15.2. The molecule has 0 aliphatic carbocycles. The van der Waals surface area contributed by atoms with Gasteiger partial charge in [-0.3, -0.25) is 0 Å². The monoisotopic (exact) mass is 179 g/mol. The largest absolute Gasteiger partial charge is 0.508 e. The Morgan fingerprint density at radius 1 is 1.46 bits per heavy atom. The van der Waals surface area contributed by atoms with Crippen molar-refractivity contribution >= 4 is 0 Å². The van der Waals surface area contributed by atoms with E-state index in [2.05, 4.69) is 5.32 Å². The SMILES string of the molecule is COc1cc(O)cc2c1CCNC2. The molecule has 70 valence electrons. The Morgan fingerprint density at radius 2 is 2.31 bits per heavy atom. The van der Waals surface area contributed by atoms with Crippen molar-refractivity contribution in [2.45, 2.75) is 13.0 Å². The van der Waals surface area contributed by atoms with Gasteiger partial charge in [0.05, 0.1) is 7.11 Å². The second-order valence-corrected chi connectivity index (χ2v) is 3.21. The molecule has 1 aliphatic heterocycles. The molecule has 2 N–H and O–H groups in total. The Kier molecular flexibility index (Phi) is 2.10. The lowest BCUT2D eigenvalue weighted by molar-refractivity contribution is 0.398. The fourth-order valence-corrected chi connectivity index (χ4v) is 1.75. The zero-order chi connectivity index (χ0) is 9.26. The summed E-state index contributed by atoms with van der Waals surface area (Å²) in [5, 5.41) is 12.6. The lowest BCUT2D eigenvalue weighted by Crippen LogP contribution is -2.23. The van der Waals surface area contributed by atoms with Crippen molar-refractivity contribution < 1.29 is 9.84 Å². The van der Waals surface area contributed by atoms with Gasteiger partial charge in [-0.15, -0.1) is 0 Å². The van der Waals surface area contributed by atoms with Gasteiger partial charge in [-0.2, -0.15) is 0 Å². The summed E-state index contributed by atoms with van der Waals surface area (Å²) >= 11 is 0. The van der Waals surface area contributed by atoms with E-state index in [0.717, 1.165) is 30.8 Å². The molecule has 0 unspecified atom stereocenters. The van der Waals surface area contributed by atoms with E-state index >= 15 is 0 Å². The minimum absolute atomic E-state index is 0.277. The van der Waals surface area contributed by atoms with Crippen LogP contribution in [-0.2, 0) is 13.0 Å². The third-order valence-electron chi connectivity index (χ3n) is 2.37. The summed E-state index contributed by atoms with van der Waals surface area (Å²) in [4.78, 5) is 0. The van der Waals surface area contributed by atoms with E-state index in [1.54, 1.807) is 19.2 Å². The molecule has 0 bridgehead atoms. The van der Waals surface area contributed by atoms with Crippen LogP contribution >= 0.6 is 0 Å². The van der Waals surface area contributed by atoms with Crippen molar-refractivity contribution in [1.82, 2.24) is 5.32 Å². The first-order valence-corrected chi connectivity index (χ1v) is 4.40. The number of aromatic hydroxyl groups is 1. The Morgan fingerprint density at radius 3 is 3.08 bits per heavy atom. The third kappa shape index (κ3) is 1.47. The van der Waals surface area contributed by atoms with Crippen LogP contribution in [0.4, 0.5) is 0 Å². The number of phenols is 1. The average molecular weight is 179 g/mol. The van der Waals surface area contributed by atoms with Gasteiger partial charge >= 0.3 is 0 Å². The molecule has 1 aromatic carbocycles. The first-order valence-electron chi connectivity index (χ1n) is 4.40. The maximum atomic E-state index is 9.39. The smallest absolute Gasteiger partial charge is 0.126 e. The maximum absolute atomic E-state index is 9.39. The fourth-order valence-electron chi connectivity index (χ4n) is 1.75. The van der Waals surface area contributed by atoms with Crippen LogP contribution in [0.25, 0.3) is 0 Å². The van der Waals surface area contributed by atoms with Crippen LogP contribution in [0.1, 0.15) is 11.1 Å². The number of nitrogens with one attached hydrogen (secondary N) is 1. The number of rotatable bonds is 1. The molecule has 1 aromatic rings. The average Bonchev–Trinajstić information content (AvgIpc) is 2.16. The van der Waals surface area contributed by atoms with Crippen LogP contribution in [0.3, 0.4) is 0 Å². The van der Waals surface area contributed by atoms with Crippen molar-refractivity contribution in [3.05, 3.63) is 23.3 Å². The van der Waals surface area contributed by atoms with Crippen LogP contribution in [-0.4, -0.2) is 18.8 Å². The van der Waals surface area contributed by atoms with Gasteiger partial charge in [0.1, 0.15) is 11.5 Å². The molecule has 2 rings (SSSR count). The first kappa shape index (κ1) is 8.38. The van der Waals surface area contributed by atoms with Crippen LogP contribution in [0.5, 0.6) is 11.5 Å². The highest BCUT2D eigenvalue weighted by atomic mass is 16.5. The molecule has 0 spiro atoms. The highest BCUT2D eigenvalue weighted by molar-refractivity contribution is 5.47. The van der Waals surface area contributed by atoms with Crippen LogP contribution < -0.4 is 10.1 Å². The van der Waals surface area contributed by atoms with Crippen molar-refractivity contribution in [2.75, 3.05) is 13.7 Å². The predicted octanol–water partition coefficient (Wildman–Crippen LogP) is 1.05. The molecule has 3 heteroatoms. The number of hydrogen-bond acceptors (Lipinski definition) is 3. The number of phenolic OH excluding ortho intramolecular Hbond substituents is 1. The summed E-state index contributed by atoms with van der Waals surface area (Å²) in [6, 6.07) is 3.47. The quantitative estimate of drug-likeness (QED) is 0.677. The minimum atomic E-state index is 0.277. The Labute approximate surface area is 77.3 Å². The second kappa shape index (κ2) is 3.26. The molecule has 0 saturated carbocycles. The van der Waals surface area contributed by atoms with Gasteiger partial charge in [0.25, 0.3) is 0 Å². The number of ether oxygens (including phenoxy) is 1. The first-order chi connectivity index (χ1) is 6.31. The zero-order valence-electron chi connectivity index (χ0n) is 7.63. The zero-order valence-corrected chi connectivity index (χ0v) is 7.63. The summed E-state index contributed by atoms with van der Waals surface area (Å²) in [6.07, 6.45) is 0.971. The molecule has 0 radical (unpaired) electrons. The van der Waals surface area contributed by atoms with Gasteiger partial charge in [0.15, 0.2) is 0 Å². The number of hydrogen-bond donors (Lipinski definition) is 2. The van der Waals surface area contributed by atoms with E-state index in [4.69, 9.17) is 4.74 Å². The Hall–Kier alpha value is -1.22. The maximum Gasteiger partial charge on any atom is 0.126 e. The van der Waals surface area contributed by atoms with Gasteiger partial charge in [-0.25, -0.2) is 0 Å². The van der Waals surface area contributed by atoms with Gasteiger partial charge < -0.3 is 15.2 Å². The van der Waals surface area contributed by atoms with E-state index in [0.29, 0.717) is 0 Å². The molecule has 0 amide bonds. The summed E-state index contributed by atoms with van der Waals surface area (Å²) in [5.41, 5.74) is 2.36. The molecule has 3 nitrogen and oxygen atoms in total. The Balaban J connectivity index is 2.50. The van der Waals surface area contributed by atoms with Crippen molar-refractivity contribution in [2.24, 2.45) is 0 Å². The summed E-state index contributed by atoms with van der Waals surface area (Å²) < 4.78 is 5.21. The molecule has 1 heterocycles. The van der Waals surface area contributed by atoms with E-state index in [-0.39, 0.29) is 5.75 Å². The van der Waals surface area contributed by atoms with Crippen molar-refractivity contribution in [3.63, 3.8) is 0 Å². The molecule has 13 heavy (non-hydrogen) atoms. The van der Waals surface area contributed by atoms with Gasteiger partial charge in [-0.1, -0.05) is 0 Å². The lowest BCUT2D eigenvalue weighted by Gasteiger charge is -2.19. The standard InChI is InChI=1S/C10H13NO2/c1-13-10-5-8(12)4-7-6-11-3-2-9(7)10/h4-5,11-12H,2-3,6H2,1H3. The van der Waals surface area contributed by atoms with Crippen LogP contribution in [0.2, 0.25) is 0 Å². The highest BCUT2D eigenvalue weighted by Gasteiger charge is 2.14. The summed E-state index contributed by atoms with van der Waals surface area (Å²) in [7, 11) is 1.64. The van der Waals surface area contributed by atoms with E-state index < -0.39 is 0 Å². The van der Waals surface area contributed by atoms with Gasteiger partial charge in [0.2, 0.25) is 0 Å². The van der Waals surface area contributed by atoms with Crippen LogP contribution in [0.15, 0.2) is 12.1 Å². The van der Waals surface area contributed by atoms with Crippen molar-refractivity contribution in [1.29, 1.82) is 0 Å². The third-order valence-corrected chi connectivity index (χ3v) is 2.37. The number of methoxy groups -OCH3 is 1. The summed E-state index contributed by atoms with van der Waals surface area (Å²) in [6.45, 7) is 1.80. The molecule has 0 fully saturated rings. The molecule has 1 aliphatic rings. The minimum Gasteiger partial charge on any atom is -0.508 e. The van der Waals surface area contributed by atoms with Gasteiger partial charge in [0, 0.05) is 18.2 Å². The van der Waals surface area contributed by atoms with E-state index in [1.807, 2.05) is 0 Å². The lowest BCUT2D eigenvalue weighted by atomic mass is 10.00. The molecule has 0 saturated heterocycles. The van der Waals surface area contributed by atoms with Crippen molar-refractivity contribution in [3.8, 4) is 11.5 Å². The second-order valence-electron chi connectivity index (χ2n) is 3.21. The molecule has 0 aromatic heterocycles. The molecule has 0 atom stereocenters. The predicted molar refractivity (Wildman–Crippen MR) is 50.1 cm³/mol. The number of fused-ring (bicyclic) bond motifs is 1.